The fourth-order valence-electron chi connectivity index (χ4n) is 4.16. The van der Waals surface area contributed by atoms with Crippen LogP contribution in [0.15, 0.2) is 77.3 Å². The van der Waals surface area contributed by atoms with Crippen molar-refractivity contribution in [3.63, 3.8) is 0 Å². The molecule has 2 aromatic heterocycles. The Morgan fingerprint density at radius 2 is 1.66 bits per heavy atom. The molecule has 2 heterocycles. The molecule has 5 aromatic rings. The Morgan fingerprint density at radius 3 is 2.32 bits per heavy atom. The predicted octanol–water partition coefficient (Wildman–Crippen LogP) is 7.62. The summed E-state index contributed by atoms with van der Waals surface area (Å²) in [5.74, 6) is 0.454. The molecule has 0 aliphatic heterocycles. The van der Waals surface area contributed by atoms with Crippen LogP contribution in [0, 0.1) is 0 Å². The maximum absolute atomic E-state index is 11.2. The van der Waals surface area contributed by atoms with Crippen molar-refractivity contribution in [3.05, 3.63) is 99.9 Å². The number of aromatic nitrogens is 2. The summed E-state index contributed by atoms with van der Waals surface area (Å²) in [5.41, 5.74) is 4.64. The van der Waals surface area contributed by atoms with Crippen LogP contribution in [0.1, 0.15) is 41.6 Å². The zero-order valence-electron chi connectivity index (χ0n) is 20.0. The van der Waals surface area contributed by atoms with Crippen molar-refractivity contribution in [2.45, 2.75) is 26.4 Å². The van der Waals surface area contributed by atoms with E-state index in [1.54, 1.807) is 24.3 Å². The van der Waals surface area contributed by atoms with Crippen LogP contribution in [0.5, 0.6) is 5.75 Å². The molecule has 0 saturated carbocycles. The topological polar surface area (TPSA) is 85.5 Å². The zero-order valence-corrected chi connectivity index (χ0v) is 21.5. The van der Waals surface area contributed by atoms with Gasteiger partial charge < -0.3 is 14.4 Å². The van der Waals surface area contributed by atoms with Crippen molar-refractivity contribution in [3.8, 4) is 28.1 Å². The molecule has 0 bridgehead atoms. The molecule has 6 nitrogen and oxygen atoms in total. The molecule has 3 aromatic carbocycles. The van der Waals surface area contributed by atoms with Crippen LogP contribution < -0.4 is 4.74 Å². The van der Waals surface area contributed by atoms with Gasteiger partial charge >= 0.3 is 57.4 Å². The molecular weight excluding hydrogens is 550 g/mol. The van der Waals surface area contributed by atoms with E-state index in [-0.39, 0.29) is 69.6 Å². The van der Waals surface area contributed by atoms with Gasteiger partial charge in [-0.1, -0.05) is 72.5 Å². The van der Waals surface area contributed by atoms with Crippen LogP contribution in [-0.2, 0) is 6.61 Å². The first-order valence-electron chi connectivity index (χ1n) is 11.6. The molecular formula is C29H23Cl2KN2O4. The van der Waals surface area contributed by atoms with Gasteiger partial charge in [0, 0.05) is 16.9 Å². The van der Waals surface area contributed by atoms with E-state index < -0.39 is 5.97 Å². The van der Waals surface area contributed by atoms with Crippen LogP contribution in [-0.4, -0.2) is 72.6 Å². The molecule has 0 unspecified atom stereocenters. The molecule has 5 rings (SSSR count). The average Bonchev–Trinajstić information content (AvgIpc) is 3.31. The van der Waals surface area contributed by atoms with Crippen LogP contribution in [0.4, 0.5) is 0 Å². The number of halogens is 2. The number of pyridine rings is 1. The number of hydrogen-bond acceptors (Lipinski definition) is 5. The molecule has 38 heavy (non-hydrogen) atoms. The van der Waals surface area contributed by atoms with Gasteiger partial charge in [-0.3, -0.25) is 0 Å². The summed E-state index contributed by atoms with van der Waals surface area (Å²) in [4.78, 5) is 15.4. The molecule has 0 spiro atoms. The second-order valence-electron chi connectivity index (χ2n) is 8.85. The van der Waals surface area contributed by atoms with E-state index in [0.717, 1.165) is 27.8 Å². The molecule has 0 aliphatic carbocycles. The van der Waals surface area contributed by atoms with E-state index in [1.807, 2.05) is 56.3 Å². The van der Waals surface area contributed by atoms with Gasteiger partial charge in [0.15, 0.2) is 0 Å². The van der Waals surface area contributed by atoms with Gasteiger partial charge in [-0.05, 0) is 53.6 Å². The Labute approximate surface area is 272 Å². The van der Waals surface area contributed by atoms with E-state index in [2.05, 4.69) is 10.1 Å². The summed E-state index contributed by atoms with van der Waals surface area (Å²) in [6, 6.07) is 22.1. The van der Waals surface area contributed by atoms with Gasteiger partial charge in [0.05, 0.1) is 21.1 Å². The number of carboxylic acid groups (broad SMARTS) is 1. The van der Waals surface area contributed by atoms with E-state index >= 15 is 0 Å². The second-order valence-corrected chi connectivity index (χ2v) is 9.66. The minimum atomic E-state index is -1.05. The average molecular weight is 574 g/mol. The molecule has 0 amide bonds. The van der Waals surface area contributed by atoms with E-state index in [4.69, 9.17) is 37.6 Å². The Bertz CT molecular complexity index is 1600. The quantitative estimate of drug-likeness (QED) is 0.202. The number of hydrogen-bond donors (Lipinski definition) is 1. The summed E-state index contributed by atoms with van der Waals surface area (Å²) in [6.07, 6.45) is 0. The number of nitrogens with zero attached hydrogens (tertiary/aromatic N) is 2. The van der Waals surface area contributed by atoms with Gasteiger partial charge in [0.1, 0.15) is 29.5 Å². The van der Waals surface area contributed by atoms with E-state index in [9.17, 15) is 4.79 Å². The van der Waals surface area contributed by atoms with Crippen molar-refractivity contribution < 1.29 is 19.2 Å². The van der Waals surface area contributed by atoms with Crippen LogP contribution in [0.25, 0.3) is 33.3 Å². The number of benzene rings is 3. The molecule has 0 atom stereocenters. The SMILES string of the molecule is CC(C)c1onc(-c2c(Cl)cccc2Cl)c1COc1ccc(-c2ccc3nc(C(=O)O)ccc3c2)cc1.[KH]. The normalized spacial score (nSPS) is 11.0. The Balaban J connectivity index is 0.00000336. The first-order valence-corrected chi connectivity index (χ1v) is 12.4. The van der Waals surface area contributed by atoms with Crippen molar-refractivity contribution in [1.29, 1.82) is 0 Å². The Morgan fingerprint density at radius 1 is 0.974 bits per heavy atom. The summed E-state index contributed by atoms with van der Waals surface area (Å²) in [7, 11) is 0. The van der Waals surface area contributed by atoms with Crippen LogP contribution in [0.3, 0.4) is 0 Å². The van der Waals surface area contributed by atoms with Gasteiger partial charge in [0.2, 0.25) is 0 Å². The van der Waals surface area contributed by atoms with Crippen LogP contribution in [0.2, 0.25) is 10.0 Å². The second kappa shape index (κ2) is 12.3. The number of aromatic carboxylic acids is 1. The third kappa shape index (κ3) is 5.99. The molecule has 0 saturated heterocycles. The van der Waals surface area contributed by atoms with Gasteiger partial charge in [0.25, 0.3) is 0 Å². The molecule has 9 heteroatoms. The van der Waals surface area contributed by atoms with Crippen molar-refractivity contribution in [1.82, 2.24) is 10.1 Å². The monoisotopic (exact) mass is 572 g/mol. The maximum atomic E-state index is 11.2. The van der Waals surface area contributed by atoms with Crippen LogP contribution >= 0.6 is 23.2 Å². The molecule has 0 aliphatic rings. The van der Waals surface area contributed by atoms with E-state index in [0.29, 0.717) is 32.6 Å². The van der Waals surface area contributed by atoms with Gasteiger partial charge in [-0.2, -0.15) is 0 Å². The fourth-order valence-corrected chi connectivity index (χ4v) is 4.74. The standard InChI is InChI=1S/C29H22Cl2N2O4.K.H/c1-16(2)28-21(27(33-37-28)26-22(30)4-3-5-23(26)31)15-36-20-10-6-17(7-11-20)18-8-12-24-19(14-18)9-13-25(32-24)29(34)35;;/h3-14,16H,15H2,1-2H3,(H,34,35);;. The van der Waals surface area contributed by atoms with Crippen molar-refractivity contribution >= 4 is 91.5 Å². The number of fused-ring (bicyclic) bond motifs is 1. The zero-order chi connectivity index (χ0) is 26.1. The van der Waals surface area contributed by atoms with Gasteiger partial charge in [-0.25, -0.2) is 9.78 Å². The third-order valence-corrected chi connectivity index (χ3v) is 6.65. The molecule has 0 fully saturated rings. The summed E-state index contributed by atoms with van der Waals surface area (Å²) >= 11 is 12.9. The third-order valence-electron chi connectivity index (χ3n) is 6.02. The van der Waals surface area contributed by atoms with Crippen molar-refractivity contribution in [2.24, 2.45) is 0 Å². The number of rotatable bonds is 7. The number of carbonyl (C=O) groups is 1. The van der Waals surface area contributed by atoms with E-state index in [1.165, 1.54) is 6.07 Å². The summed E-state index contributed by atoms with van der Waals surface area (Å²) in [5, 5.41) is 15.3. The molecule has 0 radical (unpaired) electrons. The number of ether oxygens (including phenoxy) is 1. The number of carboxylic acids is 1. The Hall–Kier alpha value is -2.23. The Kier molecular flexibility index (Phi) is 9.31. The summed E-state index contributed by atoms with van der Waals surface area (Å²) < 4.78 is 11.8. The van der Waals surface area contributed by atoms with Gasteiger partial charge in [-0.15, -0.1) is 0 Å². The summed E-state index contributed by atoms with van der Waals surface area (Å²) in [6.45, 7) is 4.29. The molecule has 188 valence electrons. The minimum absolute atomic E-state index is 0. The first kappa shape index (κ1) is 28.8. The predicted molar refractivity (Wildman–Crippen MR) is 152 cm³/mol. The van der Waals surface area contributed by atoms with Crippen molar-refractivity contribution in [2.75, 3.05) is 0 Å². The molecule has 1 N–H and O–H groups in total. The fraction of sp³-hybridized carbons (Fsp3) is 0.138. The first-order chi connectivity index (χ1) is 17.8.